The highest BCUT2D eigenvalue weighted by Crippen LogP contribution is 2.33. The van der Waals surface area contributed by atoms with E-state index in [0.717, 1.165) is 16.7 Å². The second-order valence-electron chi connectivity index (χ2n) is 6.75. The summed E-state index contributed by atoms with van der Waals surface area (Å²) in [7, 11) is 0. The number of ether oxygens (including phenoxy) is 2. The van der Waals surface area contributed by atoms with E-state index in [1.165, 1.54) is 6.33 Å². The van der Waals surface area contributed by atoms with Crippen LogP contribution in [-0.2, 0) is 11.3 Å². The minimum atomic E-state index is 0.000465. The Morgan fingerprint density at radius 2 is 2.00 bits per heavy atom. The molecule has 4 aromatic rings. The Morgan fingerprint density at radius 1 is 1.10 bits per heavy atom. The number of nitrogens with two attached hydrogens (primary N) is 1. The SMILES string of the molecule is Nc1cccc(Oc2ccc(Nc3ncnc4ccn(CCOCCO)c34)cc2Cl)c1. The molecule has 9 heteroatoms. The lowest BCUT2D eigenvalue weighted by atomic mass is 10.2. The van der Waals surface area contributed by atoms with Crippen LogP contribution in [-0.4, -0.2) is 39.5 Å². The van der Waals surface area contributed by atoms with Gasteiger partial charge in [0, 0.05) is 30.2 Å². The van der Waals surface area contributed by atoms with Gasteiger partial charge in [-0.2, -0.15) is 0 Å². The van der Waals surface area contributed by atoms with Crippen LogP contribution in [0.25, 0.3) is 11.0 Å². The number of nitrogens with one attached hydrogen (secondary N) is 1. The van der Waals surface area contributed by atoms with Crippen molar-refractivity contribution in [3.05, 3.63) is 66.1 Å². The standard InChI is InChI=1S/C22H22ClN5O3/c23-18-13-16(4-5-20(18)31-17-3-1-2-15(24)12-17)27-22-21-19(25-14-26-22)6-7-28(21)8-10-30-11-9-29/h1-7,12-14,29H,8-11,24H2,(H,25,26,27). The topological polar surface area (TPSA) is 107 Å². The minimum absolute atomic E-state index is 0.000465. The smallest absolute Gasteiger partial charge is 0.158 e. The van der Waals surface area contributed by atoms with Crippen molar-refractivity contribution in [3.63, 3.8) is 0 Å². The highest BCUT2D eigenvalue weighted by atomic mass is 35.5. The number of anilines is 3. The van der Waals surface area contributed by atoms with Gasteiger partial charge in [-0.3, -0.25) is 0 Å². The molecule has 0 aliphatic rings. The molecular weight excluding hydrogens is 418 g/mol. The van der Waals surface area contributed by atoms with Crippen molar-refractivity contribution in [1.29, 1.82) is 0 Å². The first-order chi connectivity index (χ1) is 15.1. The van der Waals surface area contributed by atoms with Crippen molar-refractivity contribution in [2.45, 2.75) is 6.54 Å². The molecule has 0 atom stereocenters. The van der Waals surface area contributed by atoms with E-state index in [2.05, 4.69) is 15.3 Å². The summed E-state index contributed by atoms with van der Waals surface area (Å²) in [5.74, 6) is 1.79. The lowest BCUT2D eigenvalue weighted by molar-refractivity contribution is 0.0875. The van der Waals surface area contributed by atoms with Gasteiger partial charge in [0.2, 0.25) is 0 Å². The second kappa shape index (κ2) is 9.65. The summed E-state index contributed by atoms with van der Waals surface area (Å²) in [4.78, 5) is 8.72. The molecule has 0 amide bonds. The number of fused-ring (bicyclic) bond motifs is 1. The van der Waals surface area contributed by atoms with E-state index >= 15 is 0 Å². The van der Waals surface area contributed by atoms with Gasteiger partial charge >= 0.3 is 0 Å². The largest absolute Gasteiger partial charge is 0.456 e. The lowest BCUT2D eigenvalue weighted by Crippen LogP contribution is -2.09. The molecule has 0 bridgehead atoms. The van der Waals surface area contributed by atoms with Crippen molar-refractivity contribution in [2.24, 2.45) is 0 Å². The Kier molecular flexibility index (Phi) is 6.51. The van der Waals surface area contributed by atoms with Gasteiger partial charge in [0.15, 0.2) is 5.82 Å². The summed E-state index contributed by atoms with van der Waals surface area (Å²) in [5.41, 5.74) is 8.84. The van der Waals surface area contributed by atoms with E-state index in [0.29, 0.717) is 47.8 Å². The number of aromatic nitrogens is 3. The van der Waals surface area contributed by atoms with Crippen LogP contribution in [0.15, 0.2) is 61.1 Å². The van der Waals surface area contributed by atoms with Crippen molar-refractivity contribution < 1.29 is 14.6 Å². The van der Waals surface area contributed by atoms with Crippen molar-refractivity contribution in [2.75, 3.05) is 30.9 Å². The summed E-state index contributed by atoms with van der Waals surface area (Å²) < 4.78 is 13.2. The maximum absolute atomic E-state index is 8.85. The normalized spacial score (nSPS) is 11.0. The molecule has 0 saturated heterocycles. The third-order valence-corrected chi connectivity index (χ3v) is 4.84. The number of aliphatic hydroxyl groups is 1. The Morgan fingerprint density at radius 3 is 2.81 bits per heavy atom. The van der Waals surface area contributed by atoms with Crippen LogP contribution in [0.2, 0.25) is 5.02 Å². The second-order valence-corrected chi connectivity index (χ2v) is 7.15. The zero-order valence-electron chi connectivity index (χ0n) is 16.7. The molecule has 0 fully saturated rings. The third-order valence-electron chi connectivity index (χ3n) is 4.54. The number of aliphatic hydroxyl groups excluding tert-OH is 1. The molecule has 0 aliphatic heterocycles. The molecule has 0 unspecified atom stereocenters. The predicted molar refractivity (Wildman–Crippen MR) is 121 cm³/mol. The van der Waals surface area contributed by atoms with E-state index in [1.54, 1.807) is 24.3 Å². The molecule has 0 saturated carbocycles. The molecule has 0 spiro atoms. The Hall–Kier alpha value is -3.33. The first-order valence-electron chi connectivity index (χ1n) is 9.72. The van der Waals surface area contributed by atoms with Crippen molar-refractivity contribution >= 4 is 39.8 Å². The average molecular weight is 440 g/mol. The zero-order chi connectivity index (χ0) is 21.6. The monoisotopic (exact) mass is 439 g/mol. The molecule has 2 heterocycles. The summed E-state index contributed by atoms with van der Waals surface area (Å²) in [5, 5.41) is 12.6. The Labute approximate surface area is 184 Å². The third kappa shape index (κ3) is 5.05. The number of hydrogen-bond donors (Lipinski definition) is 3. The highest BCUT2D eigenvalue weighted by Gasteiger charge is 2.11. The molecule has 160 valence electrons. The number of nitrogen functional groups attached to an aromatic ring is 1. The first kappa shape index (κ1) is 20.9. The van der Waals surface area contributed by atoms with Crippen molar-refractivity contribution in [1.82, 2.24) is 14.5 Å². The van der Waals surface area contributed by atoms with Crippen LogP contribution >= 0.6 is 11.6 Å². The molecule has 31 heavy (non-hydrogen) atoms. The zero-order valence-corrected chi connectivity index (χ0v) is 17.4. The maximum atomic E-state index is 8.85. The van der Waals surface area contributed by atoms with Gasteiger partial charge < -0.3 is 30.2 Å². The Balaban J connectivity index is 1.53. The van der Waals surface area contributed by atoms with E-state index in [4.69, 9.17) is 31.9 Å². The lowest BCUT2D eigenvalue weighted by Gasteiger charge is -2.13. The van der Waals surface area contributed by atoms with Crippen LogP contribution in [0, 0.1) is 0 Å². The van der Waals surface area contributed by atoms with Crippen molar-refractivity contribution in [3.8, 4) is 11.5 Å². The van der Waals surface area contributed by atoms with Crippen LogP contribution in [0.4, 0.5) is 17.2 Å². The summed E-state index contributed by atoms with van der Waals surface area (Å²) in [6.45, 7) is 1.39. The summed E-state index contributed by atoms with van der Waals surface area (Å²) in [6, 6.07) is 14.5. The van der Waals surface area contributed by atoms with Gasteiger partial charge in [0.05, 0.1) is 30.4 Å². The van der Waals surface area contributed by atoms with E-state index in [1.807, 2.05) is 35.0 Å². The molecule has 2 aromatic heterocycles. The van der Waals surface area contributed by atoms with Crippen LogP contribution in [0.3, 0.4) is 0 Å². The van der Waals surface area contributed by atoms with Gasteiger partial charge in [-0.15, -0.1) is 0 Å². The maximum Gasteiger partial charge on any atom is 0.158 e. The van der Waals surface area contributed by atoms with Crippen LogP contribution < -0.4 is 15.8 Å². The fourth-order valence-electron chi connectivity index (χ4n) is 3.14. The van der Waals surface area contributed by atoms with E-state index in [9.17, 15) is 0 Å². The van der Waals surface area contributed by atoms with Crippen LogP contribution in [0.1, 0.15) is 0 Å². The predicted octanol–water partition coefficient (Wildman–Crippen LogP) is 4.21. The molecule has 4 rings (SSSR count). The van der Waals surface area contributed by atoms with Gasteiger partial charge in [-0.25, -0.2) is 9.97 Å². The fourth-order valence-corrected chi connectivity index (χ4v) is 3.36. The molecule has 0 aliphatic carbocycles. The molecule has 4 N–H and O–H groups in total. The molecule has 8 nitrogen and oxygen atoms in total. The Bertz CT molecular complexity index is 1180. The van der Waals surface area contributed by atoms with E-state index < -0.39 is 0 Å². The fraction of sp³-hybridized carbons (Fsp3) is 0.182. The molecular formula is C22H22ClN5O3. The highest BCUT2D eigenvalue weighted by molar-refractivity contribution is 6.32. The quantitative estimate of drug-likeness (QED) is 0.265. The number of nitrogens with zero attached hydrogens (tertiary/aromatic N) is 3. The number of halogens is 1. The first-order valence-corrected chi connectivity index (χ1v) is 10.1. The van der Waals surface area contributed by atoms with E-state index in [-0.39, 0.29) is 6.61 Å². The molecule has 2 aromatic carbocycles. The average Bonchev–Trinajstić information content (AvgIpc) is 3.17. The van der Waals surface area contributed by atoms with Gasteiger partial charge in [-0.05, 0) is 36.4 Å². The minimum Gasteiger partial charge on any atom is -0.456 e. The number of rotatable bonds is 9. The number of benzene rings is 2. The van der Waals surface area contributed by atoms with Gasteiger partial charge in [-0.1, -0.05) is 17.7 Å². The van der Waals surface area contributed by atoms with Gasteiger partial charge in [0.1, 0.15) is 23.3 Å². The van der Waals surface area contributed by atoms with Crippen LogP contribution in [0.5, 0.6) is 11.5 Å². The van der Waals surface area contributed by atoms with Gasteiger partial charge in [0.25, 0.3) is 0 Å². The number of hydrogen-bond acceptors (Lipinski definition) is 7. The summed E-state index contributed by atoms with van der Waals surface area (Å²) in [6.07, 6.45) is 3.44. The molecule has 0 radical (unpaired) electrons. The summed E-state index contributed by atoms with van der Waals surface area (Å²) >= 11 is 6.44.